The van der Waals surface area contributed by atoms with E-state index in [1.807, 2.05) is 31.3 Å². The molecular weight excluding hydrogens is 514 g/mol. The Morgan fingerprint density at radius 2 is 0.913 bits per heavy atom. The van der Waals surface area contributed by atoms with Crippen molar-refractivity contribution in [2.45, 2.75) is 26.2 Å². The predicted octanol–water partition coefficient (Wildman–Crippen LogP) is 3.24. The molecule has 0 aliphatic rings. The van der Waals surface area contributed by atoms with Crippen molar-refractivity contribution in [2.24, 2.45) is 17.2 Å². The van der Waals surface area contributed by atoms with E-state index in [1.54, 1.807) is 0 Å². The lowest BCUT2D eigenvalue weighted by atomic mass is 10.1. The summed E-state index contributed by atoms with van der Waals surface area (Å²) in [5.41, 5.74) is 21.1. The first-order valence-electron chi connectivity index (χ1n) is 7.28. The lowest BCUT2D eigenvalue weighted by molar-refractivity contribution is 0.817. The standard InChI is InChI=1S/C9H14N2.C8H12N2.I2/c1-11-7-9-4-2-8(6-10)3-5-9;9-5-7-1-2-8(6-10)4-3-7;1-2/h2-5,11H,6-7,10H2,1H3;1-4H,5-6,9-10H2;. The third-order valence-electron chi connectivity index (χ3n) is 3.13. The van der Waals surface area contributed by atoms with E-state index in [0.717, 1.165) is 17.7 Å². The Hall–Kier alpha value is -0.260. The number of rotatable bonds is 5. The van der Waals surface area contributed by atoms with Crippen molar-refractivity contribution in [2.75, 3.05) is 7.05 Å². The number of hydrogen-bond donors (Lipinski definition) is 4. The summed E-state index contributed by atoms with van der Waals surface area (Å²) in [5, 5.41) is 3.09. The summed E-state index contributed by atoms with van der Waals surface area (Å²) < 4.78 is 0. The van der Waals surface area contributed by atoms with Crippen LogP contribution in [-0.4, -0.2) is 7.05 Å². The third-order valence-corrected chi connectivity index (χ3v) is 3.13. The van der Waals surface area contributed by atoms with Crippen LogP contribution in [0.1, 0.15) is 22.3 Å². The molecule has 0 atom stereocenters. The van der Waals surface area contributed by atoms with Crippen molar-refractivity contribution < 1.29 is 0 Å². The lowest BCUT2D eigenvalue weighted by Crippen LogP contribution is -2.05. The molecule has 0 radical (unpaired) electrons. The minimum absolute atomic E-state index is 0.602. The molecule has 0 bridgehead atoms. The van der Waals surface area contributed by atoms with Gasteiger partial charge in [-0.25, -0.2) is 0 Å². The van der Waals surface area contributed by atoms with E-state index in [0.29, 0.717) is 19.6 Å². The highest BCUT2D eigenvalue weighted by molar-refractivity contribution is 15.0. The quantitative estimate of drug-likeness (QED) is 0.439. The molecule has 0 spiro atoms. The second kappa shape index (κ2) is 15.3. The molecular formula is C17H26I2N4. The Morgan fingerprint density at radius 1 is 0.652 bits per heavy atom. The van der Waals surface area contributed by atoms with Crippen LogP contribution < -0.4 is 22.5 Å². The molecule has 2 aromatic rings. The molecule has 4 nitrogen and oxygen atoms in total. The fourth-order valence-corrected chi connectivity index (χ4v) is 1.81. The Kier molecular flexibility index (Phi) is 15.1. The van der Waals surface area contributed by atoms with Crippen LogP contribution in [0.2, 0.25) is 0 Å². The average Bonchev–Trinajstić information content (AvgIpc) is 2.65. The molecule has 2 aromatic carbocycles. The van der Waals surface area contributed by atoms with E-state index in [2.05, 4.69) is 66.8 Å². The molecule has 23 heavy (non-hydrogen) atoms. The second-order valence-corrected chi connectivity index (χ2v) is 4.78. The molecule has 0 unspecified atom stereocenters. The summed E-state index contributed by atoms with van der Waals surface area (Å²) in [7, 11) is 1.94. The highest BCUT2D eigenvalue weighted by Crippen LogP contribution is 2.03. The molecule has 0 amide bonds. The minimum atomic E-state index is 0.602. The zero-order chi connectivity index (χ0) is 17.5. The monoisotopic (exact) mass is 540 g/mol. The largest absolute Gasteiger partial charge is 0.326 e. The van der Waals surface area contributed by atoms with Crippen LogP contribution in [0.5, 0.6) is 0 Å². The highest BCUT2D eigenvalue weighted by Gasteiger charge is 1.90. The van der Waals surface area contributed by atoms with Crippen molar-refractivity contribution in [3.8, 4) is 0 Å². The summed E-state index contributed by atoms with van der Waals surface area (Å²) in [6.45, 7) is 2.75. The molecule has 0 saturated heterocycles. The zero-order valence-electron chi connectivity index (χ0n) is 13.4. The third kappa shape index (κ3) is 10.3. The van der Waals surface area contributed by atoms with Gasteiger partial charge in [0.15, 0.2) is 0 Å². The fourth-order valence-electron chi connectivity index (χ4n) is 1.81. The minimum Gasteiger partial charge on any atom is -0.326 e. The number of halogens is 2. The first-order valence-corrected chi connectivity index (χ1v) is 13.6. The maximum atomic E-state index is 5.46. The maximum absolute atomic E-state index is 5.46. The van der Waals surface area contributed by atoms with Gasteiger partial charge in [0, 0.05) is 63.4 Å². The molecule has 2 rings (SSSR count). The van der Waals surface area contributed by atoms with Gasteiger partial charge in [-0.05, 0) is 29.3 Å². The lowest BCUT2D eigenvalue weighted by Gasteiger charge is -2.00. The second-order valence-electron chi connectivity index (χ2n) is 4.78. The predicted molar refractivity (Wildman–Crippen MR) is 117 cm³/mol. The van der Waals surface area contributed by atoms with Crippen molar-refractivity contribution in [3.05, 3.63) is 70.8 Å². The molecule has 0 fully saturated rings. The number of nitrogens with one attached hydrogen (secondary N) is 1. The first-order chi connectivity index (χ1) is 11.2. The van der Waals surface area contributed by atoms with Crippen molar-refractivity contribution in [1.29, 1.82) is 0 Å². The molecule has 0 aliphatic heterocycles. The van der Waals surface area contributed by atoms with Crippen LogP contribution in [0.4, 0.5) is 0 Å². The van der Waals surface area contributed by atoms with Crippen LogP contribution in [0.15, 0.2) is 48.5 Å². The van der Waals surface area contributed by atoms with Gasteiger partial charge in [-0.1, -0.05) is 48.5 Å². The molecule has 6 heteroatoms. The Bertz CT molecular complexity index is 478. The number of nitrogens with two attached hydrogens (primary N) is 3. The highest BCUT2D eigenvalue weighted by atomic mass is 128. The van der Waals surface area contributed by atoms with Crippen LogP contribution in [0, 0.1) is 0 Å². The molecule has 0 saturated carbocycles. The topological polar surface area (TPSA) is 90.1 Å². The summed E-state index contributed by atoms with van der Waals surface area (Å²) in [6, 6.07) is 16.3. The number of benzene rings is 2. The van der Waals surface area contributed by atoms with Crippen LogP contribution in [-0.2, 0) is 26.2 Å². The Balaban J connectivity index is 0.000000381. The summed E-state index contributed by atoms with van der Waals surface area (Å²) in [4.78, 5) is 0. The van der Waals surface area contributed by atoms with E-state index in [9.17, 15) is 0 Å². The molecule has 0 aromatic heterocycles. The van der Waals surface area contributed by atoms with Gasteiger partial charge in [-0.2, -0.15) is 0 Å². The van der Waals surface area contributed by atoms with Gasteiger partial charge in [-0.3, -0.25) is 0 Å². The summed E-state index contributed by atoms with van der Waals surface area (Å²) >= 11 is 4.24. The fraction of sp³-hybridized carbons (Fsp3) is 0.294. The van der Waals surface area contributed by atoms with Gasteiger partial charge >= 0.3 is 0 Å². The summed E-state index contributed by atoms with van der Waals surface area (Å²) in [6.07, 6.45) is 0. The van der Waals surface area contributed by atoms with E-state index in [4.69, 9.17) is 17.2 Å². The van der Waals surface area contributed by atoms with E-state index >= 15 is 0 Å². The smallest absolute Gasteiger partial charge is 0.0202 e. The van der Waals surface area contributed by atoms with Crippen molar-refractivity contribution in [1.82, 2.24) is 5.32 Å². The van der Waals surface area contributed by atoms with Crippen LogP contribution >= 0.6 is 37.2 Å². The van der Waals surface area contributed by atoms with Gasteiger partial charge < -0.3 is 22.5 Å². The van der Waals surface area contributed by atoms with Gasteiger partial charge in [0.1, 0.15) is 0 Å². The summed E-state index contributed by atoms with van der Waals surface area (Å²) in [5.74, 6) is 0. The van der Waals surface area contributed by atoms with E-state index in [-0.39, 0.29) is 0 Å². The maximum Gasteiger partial charge on any atom is 0.0202 e. The normalized spacial score (nSPS) is 9.30. The van der Waals surface area contributed by atoms with Crippen LogP contribution in [0.25, 0.3) is 0 Å². The van der Waals surface area contributed by atoms with E-state index in [1.165, 1.54) is 11.1 Å². The SMILES string of the molecule is CNCc1ccc(CN)cc1.II.NCc1ccc(CN)cc1. The number of hydrogen-bond acceptors (Lipinski definition) is 4. The zero-order valence-corrected chi connectivity index (χ0v) is 17.8. The van der Waals surface area contributed by atoms with Gasteiger partial charge in [0.2, 0.25) is 0 Å². The average molecular weight is 540 g/mol. The first kappa shape index (κ1) is 22.7. The Morgan fingerprint density at radius 3 is 1.13 bits per heavy atom. The Labute approximate surface area is 162 Å². The molecule has 7 N–H and O–H groups in total. The van der Waals surface area contributed by atoms with Crippen molar-refractivity contribution >= 4 is 37.2 Å². The molecule has 128 valence electrons. The van der Waals surface area contributed by atoms with Gasteiger partial charge in [-0.15, -0.1) is 0 Å². The molecule has 0 heterocycles. The van der Waals surface area contributed by atoms with Crippen LogP contribution in [0.3, 0.4) is 0 Å². The van der Waals surface area contributed by atoms with Gasteiger partial charge in [0.25, 0.3) is 0 Å². The van der Waals surface area contributed by atoms with E-state index < -0.39 is 0 Å². The van der Waals surface area contributed by atoms with Crippen molar-refractivity contribution in [3.63, 3.8) is 0 Å². The van der Waals surface area contributed by atoms with Gasteiger partial charge in [0.05, 0.1) is 0 Å². The molecule has 0 aliphatic carbocycles.